The topological polar surface area (TPSA) is 75.5 Å². The lowest BCUT2D eigenvalue weighted by atomic mass is 10.3. The van der Waals surface area contributed by atoms with Crippen molar-refractivity contribution in [3.8, 4) is 0 Å². The zero-order valence-corrected chi connectivity index (χ0v) is 9.80. The van der Waals surface area contributed by atoms with Gasteiger partial charge in [0, 0.05) is 21.0 Å². The van der Waals surface area contributed by atoms with E-state index in [1.807, 2.05) is 0 Å². The standard InChI is InChI=1S/C10H12N4O3/c1-6(15)14-4-7(16)13(3)9-8(10(14)17)12(2)5-11-9/h5H,4H2,1-3H3. The van der Waals surface area contributed by atoms with E-state index >= 15 is 0 Å². The summed E-state index contributed by atoms with van der Waals surface area (Å²) in [6.07, 6.45) is 1.44. The molecule has 0 aromatic carbocycles. The average molecular weight is 236 g/mol. The molecule has 1 aliphatic rings. The molecule has 0 bridgehead atoms. The van der Waals surface area contributed by atoms with E-state index in [1.165, 1.54) is 29.8 Å². The first-order valence-corrected chi connectivity index (χ1v) is 5.03. The molecule has 0 unspecified atom stereocenters. The Kier molecular flexibility index (Phi) is 2.45. The minimum Gasteiger partial charge on any atom is -0.328 e. The summed E-state index contributed by atoms with van der Waals surface area (Å²) in [5, 5.41) is 0. The highest BCUT2D eigenvalue weighted by Gasteiger charge is 2.34. The normalized spacial score (nSPS) is 15.9. The van der Waals surface area contributed by atoms with Gasteiger partial charge < -0.3 is 4.57 Å². The van der Waals surface area contributed by atoms with Crippen LogP contribution in [0, 0.1) is 0 Å². The third kappa shape index (κ3) is 1.59. The Morgan fingerprint density at radius 3 is 2.59 bits per heavy atom. The number of hydrogen-bond acceptors (Lipinski definition) is 4. The number of carbonyl (C=O) groups excluding carboxylic acids is 3. The van der Waals surface area contributed by atoms with Crippen LogP contribution in [-0.2, 0) is 16.6 Å². The molecule has 0 aliphatic carbocycles. The quantitative estimate of drug-likeness (QED) is 0.602. The Labute approximate surface area is 97.6 Å². The lowest BCUT2D eigenvalue weighted by molar-refractivity contribution is -0.130. The van der Waals surface area contributed by atoms with Crippen LogP contribution in [0.15, 0.2) is 6.33 Å². The molecule has 7 heteroatoms. The zero-order chi connectivity index (χ0) is 12.7. The van der Waals surface area contributed by atoms with Crippen LogP contribution in [-0.4, -0.2) is 45.8 Å². The Morgan fingerprint density at radius 2 is 2.00 bits per heavy atom. The lowest BCUT2D eigenvalue weighted by Crippen LogP contribution is -2.41. The number of aromatic nitrogens is 2. The van der Waals surface area contributed by atoms with Crippen LogP contribution < -0.4 is 4.90 Å². The molecule has 2 rings (SSSR count). The van der Waals surface area contributed by atoms with Gasteiger partial charge in [-0.25, -0.2) is 4.98 Å². The fourth-order valence-corrected chi connectivity index (χ4v) is 1.72. The first-order chi connectivity index (χ1) is 7.93. The summed E-state index contributed by atoms with van der Waals surface area (Å²) < 4.78 is 1.50. The van der Waals surface area contributed by atoms with Crippen molar-refractivity contribution in [2.24, 2.45) is 7.05 Å². The van der Waals surface area contributed by atoms with Gasteiger partial charge in [0.2, 0.25) is 11.8 Å². The number of hydrogen-bond donors (Lipinski definition) is 0. The summed E-state index contributed by atoms with van der Waals surface area (Å²) in [7, 11) is 3.18. The molecule has 0 fully saturated rings. The molecule has 1 aromatic rings. The monoisotopic (exact) mass is 236 g/mol. The third-order valence-electron chi connectivity index (χ3n) is 2.73. The van der Waals surface area contributed by atoms with Crippen molar-refractivity contribution in [3.05, 3.63) is 12.0 Å². The summed E-state index contributed by atoms with van der Waals surface area (Å²) in [5.41, 5.74) is 0.244. The Balaban J connectivity index is 2.60. The van der Waals surface area contributed by atoms with Gasteiger partial charge in [-0.3, -0.25) is 24.2 Å². The largest absolute Gasteiger partial charge is 0.328 e. The van der Waals surface area contributed by atoms with E-state index in [0.717, 1.165) is 4.90 Å². The van der Waals surface area contributed by atoms with E-state index in [0.29, 0.717) is 0 Å². The van der Waals surface area contributed by atoms with Crippen LogP contribution in [0.4, 0.5) is 5.82 Å². The van der Waals surface area contributed by atoms with Gasteiger partial charge in [-0.2, -0.15) is 0 Å². The van der Waals surface area contributed by atoms with Gasteiger partial charge in [-0.05, 0) is 0 Å². The third-order valence-corrected chi connectivity index (χ3v) is 2.73. The van der Waals surface area contributed by atoms with Crippen molar-refractivity contribution < 1.29 is 14.4 Å². The number of amides is 3. The van der Waals surface area contributed by atoms with E-state index in [-0.39, 0.29) is 24.0 Å². The first kappa shape index (κ1) is 11.3. The predicted octanol–water partition coefficient (Wildman–Crippen LogP) is -0.615. The fraction of sp³-hybridized carbons (Fsp3) is 0.400. The van der Waals surface area contributed by atoms with Crippen LogP contribution in [0.2, 0.25) is 0 Å². The molecule has 0 saturated carbocycles. The SMILES string of the molecule is CC(=O)N1CC(=O)N(C)c2ncn(C)c2C1=O. The maximum absolute atomic E-state index is 12.1. The molecule has 90 valence electrons. The van der Waals surface area contributed by atoms with Gasteiger partial charge in [0.1, 0.15) is 6.54 Å². The number of rotatable bonds is 0. The number of nitrogens with zero attached hydrogens (tertiary/aromatic N) is 4. The van der Waals surface area contributed by atoms with E-state index in [2.05, 4.69) is 4.98 Å². The number of imidazole rings is 1. The smallest absolute Gasteiger partial charge is 0.281 e. The second-order valence-corrected chi connectivity index (χ2v) is 3.89. The Morgan fingerprint density at radius 1 is 1.35 bits per heavy atom. The summed E-state index contributed by atoms with van der Waals surface area (Å²) in [4.78, 5) is 41.5. The lowest BCUT2D eigenvalue weighted by Gasteiger charge is -2.16. The van der Waals surface area contributed by atoms with Crippen LogP contribution in [0.1, 0.15) is 17.4 Å². The first-order valence-electron chi connectivity index (χ1n) is 5.03. The van der Waals surface area contributed by atoms with E-state index in [1.54, 1.807) is 7.05 Å². The van der Waals surface area contributed by atoms with Crippen molar-refractivity contribution in [1.29, 1.82) is 0 Å². The van der Waals surface area contributed by atoms with Gasteiger partial charge in [0.25, 0.3) is 5.91 Å². The molecule has 17 heavy (non-hydrogen) atoms. The maximum Gasteiger partial charge on any atom is 0.281 e. The number of aryl methyl sites for hydroxylation is 1. The highest BCUT2D eigenvalue weighted by Crippen LogP contribution is 2.22. The van der Waals surface area contributed by atoms with Crippen LogP contribution in [0.3, 0.4) is 0 Å². The second-order valence-electron chi connectivity index (χ2n) is 3.89. The van der Waals surface area contributed by atoms with Crippen molar-refractivity contribution >= 4 is 23.5 Å². The minimum absolute atomic E-state index is 0.244. The van der Waals surface area contributed by atoms with Crippen molar-refractivity contribution in [2.45, 2.75) is 6.92 Å². The maximum atomic E-state index is 12.1. The highest BCUT2D eigenvalue weighted by molar-refractivity contribution is 6.13. The molecular formula is C10H12N4O3. The average Bonchev–Trinajstić information content (AvgIpc) is 2.60. The molecule has 1 aromatic heterocycles. The molecule has 0 spiro atoms. The summed E-state index contributed by atoms with van der Waals surface area (Å²) >= 11 is 0. The number of anilines is 1. The molecule has 0 atom stereocenters. The molecule has 7 nitrogen and oxygen atoms in total. The predicted molar refractivity (Wildman–Crippen MR) is 58.3 cm³/mol. The summed E-state index contributed by atoms with van der Waals surface area (Å²) in [6, 6.07) is 0. The van der Waals surface area contributed by atoms with E-state index in [4.69, 9.17) is 0 Å². The number of carbonyl (C=O) groups is 3. The molecule has 2 heterocycles. The molecule has 3 amide bonds. The Bertz CT molecular complexity index is 520. The van der Waals surface area contributed by atoms with Crippen LogP contribution in [0.25, 0.3) is 0 Å². The summed E-state index contributed by atoms with van der Waals surface area (Å²) in [5.74, 6) is -1.01. The van der Waals surface area contributed by atoms with Crippen molar-refractivity contribution in [2.75, 3.05) is 18.5 Å². The van der Waals surface area contributed by atoms with Crippen molar-refractivity contribution in [3.63, 3.8) is 0 Å². The zero-order valence-electron chi connectivity index (χ0n) is 9.80. The van der Waals surface area contributed by atoms with Crippen LogP contribution >= 0.6 is 0 Å². The minimum atomic E-state index is -0.495. The van der Waals surface area contributed by atoms with Gasteiger partial charge in [0.15, 0.2) is 11.5 Å². The highest BCUT2D eigenvalue weighted by atomic mass is 16.2. The molecular weight excluding hydrogens is 224 g/mol. The number of imide groups is 1. The van der Waals surface area contributed by atoms with Gasteiger partial charge in [-0.15, -0.1) is 0 Å². The number of likely N-dealkylation sites (N-methyl/N-ethyl adjacent to an activating group) is 1. The molecule has 1 aliphatic heterocycles. The molecule has 0 radical (unpaired) electrons. The second kappa shape index (κ2) is 3.69. The van der Waals surface area contributed by atoms with Gasteiger partial charge >= 0.3 is 0 Å². The molecule has 0 N–H and O–H groups in total. The summed E-state index contributed by atoms with van der Waals surface area (Å²) in [6.45, 7) is 1.01. The number of fused-ring (bicyclic) bond motifs is 1. The Hall–Kier alpha value is -2.18. The van der Waals surface area contributed by atoms with Crippen molar-refractivity contribution in [1.82, 2.24) is 14.5 Å². The molecule has 0 saturated heterocycles. The fourth-order valence-electron chi connectivity index (χ4n) is 1.72. The van der Waals surface area contributed by atoms with Crippen LogP contribution in [0.5, 0.6) is 0 Å². The van der Waals surface area contributed by atoms with Gasteiger partial charge in [0.05, 0.1) is 6.33 Å². The van der Waals surface area contributed by atoms with Gasteiger partial charge in [-0.1, -0.05) is 0 Å². The van der Waals surface area contributed by atoms with E-state index in [9.17, 15) is 14.4 Å². The van der Waals surface area contributed by atoms with E-state index < -0.39 is 11.8 Å².